The van der Waals surface area contributed by atoms with Gasteiger partial charge in [-0.3, -0.25) is 4.79 Å². The first-order chi connectivity index (χ1) is 16.1. The lowest BCUT2D eigenvalue weighted by molar-refractivity contribution is -0.120. The molecule has 2 unspecified atom stereocenters. The van der Waals surface area contributed by atoms with Crippen molar-refractivity contribution < 1.29 is 14.3 Å². The van der Waals surface area contributed by atoms with Gasteiger partial charge < -0.3 is 25.4 Å². The maximum Gasteiger partial charge on any atom is 0.229 e. The number of ether oxygens (including phenoxy) is 2. The van der Waals surface area contributed by atoms with Crippen molar-refractivity contribution in [1.82, 2.24) is 10.3 Å². The highest BCUT2D eigenvalue weighted by molar-refractivity contribution is 6.33. The van der Waals surface area contributed by atoms with Gasteiger partial charge in [-0.25, -0.2) is 4.98 Å². The molecule has 33 heavy (non-hydrogen) atoms. The summed E-state index contributed by atoms with van der Waals surface area (Å²) in [6, 6.07) is 10.4. The Morgan fingerprint density at radius 2 is 2.09 bits per heavy atom. The molecule has 3 N–H and O–H groups in total. The number of anilines is 2. The van der Waals surface area contributed by atoms with Gasteiger partial charge in [-0.05, 0) is 55.4 Å². The molecular weight excluding hydrogens is 440 g/mol. The Kier molecular flexibility index (Phi) is 8.56. The molecule has 0 aliphatic carbocycles. The molecule has 4 rings (SSSR count). The number of amides is 1. The summed E-state index contributed by atoms with van der Waals surface area (Å²) in [4.78, 5) is 17.1. The van der Waals surface area contributed by atoms with E-state index in [9.17, 15) is 4.79 Å². The van der Waals surface area contributed by atoms with Gasteiger partial charge in [-0.2, -0.15) is 0 Å². The lowest BCUT2D eigenvalue weighted by Gasteiger charge is -2.28. The van der Waals surface area contributed by atoms with Gasteiger partial charge in [-0.15, -0.1) is 0 Å². The molecule has 2 atom stereocenters. The van der Waals surface area contributed by atoms with E-state index in [2.05, 4.69) is 33.1 Å². The van der Waals surface area contributed by atoms with E-state index in [1.807, 2.05) is 18.2 Å². The number of carbonyl (C=O) groups is 1. The Bertz CT molecular complexity index is 928. The summed E-state index contributed by atoms with van der Waals surface area (Å²) in [5.74, 6) is 1.04. The van der Waals surface area contributed by atoms with Crippen LogP contribution in [0.2, 0.25) is 5.02 Å². The van der Waals surface area contributed by atoms with Gasteiger partial charge in [0.2, 0.25) is 5.91 Å². The molecule has 2 aliphatic rings. The number of carbonyl (C=O) groups excluding carboxylic acids is 1. The van der Waals surface area contributed by atoms with Gasteiger partial charge in [0.15, 0.2) is 0 Å². The number of benzene rings is 1. The van der Waals surface area contributed by atoms with Crippen LogP contribution >= 0.6 is 11.6 Å². The van der Waals surface area contributed by atoms with Gasteiger partial charge in [0.05, 0.1) is 17.5 Å². The lowest BCUT2D eigenvalue weighted by Crippen LogP contribution is -2.45. The fraction of sp³-hybridized carbons (Fsp3) is 0.520. The zero-order valence-electron chi connectivity index (χ0n) is 19.1. The van der Waals surface area contributed by atoms with E-state index in [1.165, 1.54) is 0 Å². The van der Waals surface area contributed by atoms with Crippen molar-refractivity contribution in [3.8, 4) is 11.1 Å². The van der Waals surface area contributed by atoms with Crippen molar-refractivity contribution in [1.29, 1.82) is 0 Å². The minimum Gasteiger partial charge on any atom is -0.385 e. The van der Waals surface area contributed by atoms with E-state index >= 15 is 0 Å². The number of halogens is 1. The molecular formula is C25H33ClN4O3. The van der Waals surface area contributed by atoms with Crippen LogP contribution in [0.15, 0.2) is 36.5 Å². The average molecular weight is 473 g/mol. The van der Waals surface area contributed by atoms with Crippen LogP contribution in [0.4, 0.5) is 11.5 Å². The maximum atomic E-state index is 12.8. The fourth-order valence-electron chi connectivity index (χ4n) is 4.45. The summed E-state index contributed by atoms with van der Waals surface area (Å²) in [5.41, 5.74) is 2.88. The monoisotopic (exact) mass is 472 g/mol. The topological polar surface area (TPSA) is 84.5 Å². The number of piperidine rings is 1. The highest BCUT2D eigenvalue weighted by Gasteiger charge is 2.26. The Morgan fingerprint density at radius 1 is 1.24 bits per heavy atom. The van der Waals surface area contributed by atoms with Gasteiger partial charge in [0, 0.05) is 56.9 Å². The maximum absolute atomic E-state index is 12.8. The van der Waals surface area contributed by atoms with E-state index in [0.717, 1.165) is 62.3 Å². The number of nitrogens with zero attached hydrogens (tertiary/aromatic N) is 1. The first-order valence-corrected chi connectivity index (χ1v) is 12.1. The van der Waals surface area contributed by atoms with Crippen LogP contribution in [0.3, 0.4) is 0 Å². The summed E-state index contributed by atoms with van der Waals surface area (Å²) in [6.45, 7) is 3.93. The van der Waals surface area contributed by atoms with Crippen molar-refractivity contribution in [2.24, 2.45) is 11.8 Å². The number of nitrogens with one attached hydrogen (secondary N) is 3. The highest BCUT2D eigenvalue weighted by Crippen LogP contribution is 2.31. The van der Waals surface area contributed by atoms with Crippen LogP contribution in [-0.4, -0.2) is 57.0 Å². The number of rotatable bonds is 8. The van der Waals surface area contributed by atoms with Crippen molar-refractivity contribution in [2.45, 2.75) is 31.7 Å². The molecule has 1 aromatic carbocycles. The Balaban J connectivity index is 1.39. The molecule has 2 saturated heterocycles. The molecule has 1 aromatic heterocycles. The van der Waals surface area contributed by atoms with E-state index in [1.54, 1.807) is 13.3 Å². The molecule has 0 spiro atoms. The quantitative estimate of drug-likeness (QED) is 0.534. The van der Waals surface area contributed by atoms with Crippen LogP contribution in [0.25, 0.3) is 11.1 Å². The van der Waals surface area contributed by atoms with Crippen LogP contribution in [-0.2, 0) is 14.3 Å². The van der Waals surface area contributed by atoms with Gasteiger partial charge in [0.25, 0.3) is 0 Å². The van der Waals surface area contributed by atoms with E-state index in [-0.39, 0.29) is 11.8 Å². The summed E-state index contributed by atoms with van der Waals surface area (Å²) >= 11 is 6.48. The first kappa shape index (κ1) is 24.0. The summed E-state index contributed by atoms with van der Waals surface area (Å²) in [5, 5.41) is 10.5. The van der Waals surface area contributed by atoms with Gasteiger partial charge in [-0.1, -0.05) is 23.7 Å². The number of hydrogen-bond acceptors (Lipinski definition) is 6. The Hall–Kier alpha value is -2.19. The predicted octanol–water partition coefficient (Wildman–Crippen LogP) is 4.19. The number of pyridine rings is 1. The third-order valence-electron chi connectivity index (χ3n) is 6.47. The number of hydrogen-bond donors (Lipinski definition) is 3. The van der Waals surface area contributed by atoms with Crippen molar-refractivity contribution in [3.63, 3.8) is 0 Å². The third kappa shape index (κ3) is 6.67. The fourth-order valence-corrected chi connectivity index (χ4v) is 4.66. The Morgan fingerprint density at radius 3 is 2.85 bits per heavy atom. The van der Waals surface area contributed by atoms with Gasteiger partial charge >= 0.3 is 0 Å². The molecule has 2 fully saturated rings. The average Bonchev–Trinajstić information content (AvgIpc) is 2.85. The molecule has 2 aliphatic heterocycles. The minimum atomic E-state index is -0.0863. The zero-order chi connectivity index (χ0) is 23.0. The molecule has 0 saturated carbocycles. The van der Waals surface area contributed by atoms with Crippen molar-refractivity contribution in [3.05, 3.63) is 41.6 Å². The third-order valence-corrected chi connectivity index (χ3v) is 6.77. The van der Waals surface area contributed by atoms with Crippen molar-refractivity contribution in [2.75, 3.05) is 50.7 Å². The summed E-state index contributed by atoms with van der Waals surface area (Å²) < 4.78 is 10.6. The first-order valence-electron chi connectivity index (χ1n) is 11.7. The molecule has 7 nitrogen and oxygen atoms in total. The standard InChI is InChI=1S/C25H33ClN4O3/c1-32-16-21-6-5-19(14-28-21)25(31)30-24-12-22(23(26)15-29-24)18-3-2-4-20(11-18)27-13-17-7-9-33-10-8-17/h2-4,11-12,15,17,19,21,27-28H,5-10,13-14,16H2,1H3,(H,29,30,31). The normalized spacial score (nSPS) is 21.5. The molecule has 3 heterocycles. The molecule has 2 aromatic rings. The van der Waals surface area contributed by atoms with E-state index in [0.29, 0.717) is 36.0 Å². The highest BCUT2D eigenvalue weighted by atomic mass is 35.5. The summed E-state index contributed by atoms with van der Waals surface area (Å²) in [7, 11) is 1.70. The van der Waals surface area contributed by atoms with Crippen LogP contribution in [0, 0.1) is 11.8 Å². The molecule has 178 valence electrons. The zero-order valence-corrected chi connectivity index (χ0v) is 19.9. The largest absolute Gasteiger partial charge is 0.385 e. The SMILES string of the molecule is COCC1CCC(C(=O)Nc2cc(-c3cccc(NCC4CCOCC4)c3)c(Cl)cn2)CN1. The predicted molar refractivity (Wildman–Crippen MR) is 132 cm³/mol. The smallest absolute Gasteiger partial charge is 0.229 e. The molecule has 8 heteroatoms. The number of aromatic nitrogens is 1. The molecule has 0 radical (unpaired) electrons. The lowest BCUT2D eigenvalue weighted by atomic mass is 9.94. The van der Waals surface area contributed by atoms with E-state index < -0.39 is 0 Å². The van der Waals surface area contributed by atoms with Crippen LogP contribution in [0.5, 0.6) is 0 Å². The molecule has 0 bridgehead atoms. The second-order valence-corrected chi connectivity index (χ2v) is 9.30. The Labute approximate surface area is 200 Å². The van der Waals surface area contributed by atoms with Crippen molar-refractivity contribution >= 4 is 29.0 Å². The second-order valence-electron chi connectivity index (χ2n) is 8.89. The summed E-state index contributed by atoms with van der Waals surface area (Å²) in [6.07, 6.45) is 5.53. The number of methoxy groups -OCH3 is 1. The second kappa shape index (κ2) is 11.8. The minimum absolute atomic E-state index is 0.0222. The van der Waals surface area contributed by atoms with Crippen LogP contribution in [0.1, 0.15) is 25.7 Å². The van der Waals surface area contributed by atoms with Gasteiger partial charge in [0.1, 0.15) is 5.82 Å². The van der Waals surface area contributed by atoms with E-state index in [4.69, 9.17) is 21.1 Å². The van der Waals surface area contributed by atoms with Crippen LogP contribution < -0.4 is 16.0 Å². The molecule has 1 amide bonds.